The van der Waals surface area contributed by atoms with Crippen LogP contribution in [0.2, 0.25) is 0 Å². The normalized spacial score (nSPS) is 17.2. The molecule has 5 nitrogen and oxygen atoms in total. The van der Waals surface area contributed by atoms with E-state index in [2.05, 4.69) is 15.5 Å². The van der Waals surface area contributed by atoms with Crippen LogP contribution in [0.1, 0.15) is 18.6 Å². The number of carbonyl (C=O) groups excluding carboxylic acids is 1. The van der Waals surface area contributed by atoms with Crippen molar-refractivity contribution < 1.29 is 9.90 Å². The molecular formula is C15H23N3O2S. The van der Waals surface area contributed by atoms with Gasteiger partial charge in [0.25, 0.3) is 0 Å². The third-order valence-corrected chi connectivity index (χ3v) is 4.39. The topological polar surface area (TPSA) is 64.6 Å². The van der Waals surface area contributed by atoms with Crippen LogP contribution in [-0.4, -0.2) is 53.7 Å². The van der Waals surface area contributed by atoms with E-state index >= 15 is 0 Å². The summed E-state index contributed by atoms with van der Waals surface area (Å²) in [4.78, 5) is 14.2. The molecule has 2 rings (SSSR count). The minimum atomic E-state index is -0.535. The molecule has 3 N–H and O–H groups in total. The van der Waals surface area contributed by atoms with Crippen LogP contribution in [0.25, 0.3) is 0 Å². The lowest BCUT2D eigenvalue weighted by atomic mass is 10.1. The molecular weight excluding hydrogens is 286 g/mol. The summed E-state index contributed by atoms with van der Waals surface area (Å²) in [6.45, 7) is 5.44. The summed E-state index contributed by atoms with van der Waals surface area (Å²) in [6, 6.07) is 7.05. The molecule has 1 aliphatic rings. The van der Waals surface area contributed by atoms with Crippen LogP contribution in [0.3, 0.4) is 0 Å². The summed E-state index contributed by atoms with van der Waals surface area (Å²) in [6.07, 6.45) is -0.535. The summed E-state index contributed by atoms with van der Waals surface area (Å²) in [5.41, 5.74) is 1.49. The van der Waals surface area contributed by atoms with Crippen LogP contribution in [0.15, 0.2) is 24.3 Å². The lowest BCUT2D eigenvalue weighted by molar-refractivity contribution is 0.199. The van der Waals surface area contributed by atoms with Gasteiger partial charge in [0.05, 0.1) is 6.10 Å². The van der Waals surface area contributed by atoms with Crippen molar-refractivity contribution in [2.75, 3.05) is 43.0 Å². The van der Waals surface area contributed by atoms with E-state index < -0.39 is 6.10 Å². The Morgan fingerprint density at radius 1 is 1.43 bits per heavy atom. The third kappa shape index (κ3) is 5.57. The number of nitrogens with zero attached hydrogens (tertiary/aromatic N) is 1. The molecule has 0 radical (unpaired) electrons. The zero-order valence-electron chi connectivity index (χ0n) is 12.3. The Morgan fingerprint density at radius 2 is 2.19 bits per heavy atom. The van der Waals surface area contributed by atoms with Crippen molar-refractivity contribution in [2.24, 2.45) is 0 Å². The third-order valence-electron chi connectivity index (χ3n) is 3.44. The molecule has 6 heteroatoms. The van der Waals surface area contributed by atoms with E-state index in [0.717, 1.165) is 25.2 Å². The molecule has 1 atom stereocenters. The summed E-state index contributed by atoms with van der Waals surface area (Å²) < 4.78 is 0. The molecule has 1 aromatic rings. The fourth-order valence-corrected chi connectivity index (χ4v) is 3.18. The first-order valence-corrected chi connectivity index (χ1v) is 8.43. The van der Waals surface area contributed by atoms with E-state index in [-0.39, 0.29) is 6.03 Å². The molecule has 0 aromatic heterocycles. The Labute approximate surface area is 130 Å². The van der Waals surface area contributed by atoms with Gasteiger partial charge in [-0.15, -0.1) is 0 Å². The minimum absolute atomic E-state index is 0.205. The highest BCUT2D eigenvalue weighted by atomic mass is 32.2. The van der Waals surface area contributed by atoms with Gasteiger partial charge in [0.15, 0.2) is 0 Å². The number of aliphatic hydroxyl groups is 1. The van der Waals surface area contributed by atoms with Crippen LogP contribution < -0.4 is 10.6 Å². The molecule has 1 heterocycles. The Bertz CT molecular complexity index is 462. The SMILES string of the molecule is CC(O)c1cccc(NC(=O)NCCN2CCSCC2)c1. The highest BCUT2D eigenvalue weighted by molar-refractivity contribution is 7.99. The van der Waals surface area contributed by atoms with Gasteiger partial charge in [-0.05, 0) is 24.6 Å². The Morgan fingerprint density at radius 3 is 2.90 bits per heavy atom. The number of hydrogen-bond donors (Lipinski definition) is 3. The van der Waals surface area contributed by atoms with Crippen LogP contribution in [-0.2, 0) is 0 Å². The molecule has 1 saturated heterocycles. The van der Waals surface area contributed by atoms with Gasteiger partial charge in [0, 0.05) is 43.4 Å². The highest BCUT2D eigenvalue weighted by Crippen LogP contribution is 2.16. The molecule has 0 spiro atoms. The number of rotatable bonds is 5. The van der Waals surface area contributed by atoms with Crippen LogP contribution in [0, 0.1) is 0 Å². The monoisotopic (exact) mass is 309 g/mol. The quantitative estimate of drug-likeness (QED) is 0.777. The zero-order chi connectivity index (χ0) is 15.1. The van der Waals surface area contributed by atoms with Crippen molar-refractivity contribution in [2.45, 2.75) is 13.0 Å². The minimum Gasteiger partial charge on any atom is -0.389 e. The van der Waals surface area contributed by atoms with Gasteiger partial charge in [-0.2, -0.15) is 11.8 Å². The molecule has 0 aliphatic carbocycles. The van der Waals surface area contributed by atoms with E-state index in [0.29, 0.717) is 12.2 Å². The predicted octanol–water partition coefficient (Wildman–Crippen LogP) is 1.91. The predicted molar refractivity (Wildman–Crippen MR) is 87.9 cm³/mol. The van der Waals surface area contributed by atoms with Gasteiger partial charge < -0.3 is 15.7 Å². The van der Waals surface area contributed by atoms with Gasteiger partial charge in [0.1, 0.15) is 0 Å². The number of benzene rings is 1. The van der Waals surface area contributed by atoms with Crippen molar-refractivity contribution in [3.63, 3.8) is 0 Å². The molecule has 1 aromatic carbocycles. The van der Waals surface area contributed by atoms with Gasteiger partial charge in [-0.3, -0.25) is 4.90 Å². The van der Waals surface area contributed by atoms with E-state index in [9.17, 15) is 9.90 Å². The van der Waals surface area contributed by atoms with Gasteiger partial charge in [-0.25, -0.2) is 4.79 Å². The van der Waals surface area contributed by atoms with Crippen molar-refractivity contribution in [1.82, 2.24) is 10.2 Å². The molecule has 2 amide bonds. The largest absolute Gasteiger partial charge is 0.389 e. The molecule has 1 aliphatic heterocycles. The maximum atomic E-state index is 11.8. The summed E-state index contributed by atoms with van der Waals surface area (Å²) in [5.74, 6) is 2.36. The maximum Gasteiger partial charge on any atom is 0.319 e. The second-order valence-corrected chi connectivity index (χ2v) is 6.36. The number of carbonyl (C=O) groups is 1. The van der Waals surface area contributed by atoms with Crippen molar-refractivity contribution in [3.05, 3.63) is 29.8 Å². The molecule has 21 heavy (non-hydrogen) atoms. The Balaban J connectivity index is 1.72. The number of anilines is 1. The Kier molecular flexibility index (Phi) is 6.35. The standard InChI is InChI=1S/C15H23N3O2S/c1-12(19)13-3-2-4-14(11-13)17-15(20)16-5-6-18-7-9-21-10-8-18/h2-4,11-12,19H,5-10H2,1H3,(H2,16,17,20). The second-order valence-electron chi connectivity index (χ2n) is 5.14. The van der Waals surface area contributed by atoms with E-state index in [1.807, 2.05) is 30.0 Å². The van der Waals surface area contributed by atoms with Crippen LogP contribution in [0.5, 0.6) is 0 Å². The van der Waals surface area contributed by atoms with Crippen LogP contribution >= 0.6 is 11.8 Å². The number of nitrogens with one attached hydrogen (secondary N) is 2. The van der Waals surface area contributed by atoms with Gasteiger partial charge in [-0.1, -0.05) is 12.1 Å². The zero-order valence-corrected chi connectivity index (χ0v) is 13.2. The molecule has 0 saturated carbocycles. The first-order valence-electron chi connectivity index (χ1n) is 7.28. The molecule has 1 unspecified atom stereocenters. The lowest BCUT2D eigenvalue weighted by Gasteiger charge is -2.26. The van der Waals surface area contributed by atoms with Crippen molar-refractivity contribution in [3.8, 4) is 0 Å². The van der Waals surface area contributed by atoms with E-state index in [1.165, 1.54) is 11.5 Å². The average Bonchev–Trinajstić information content (AvgIpc) is 2.48. The number of aliphatic hydroxyl groups excluding tert-OH is 1. The van der Waals surface area contributed by atoms with Crippen molar-refractivity contribution >= 4 is 23.5 Å². The summed E-state index contributed by atoms with van der Waals surface area (Å²) >= 11 is 1.98. The molecule has 116 valence electrons. The average molecular weight is 309 g/mol. The van der Waals surface area contributed by atoms with Gasteiger partial charge in [0.2, 0.25) is 0 Å². The fourth-order valence-electron chi connectivity index (χ4n) is 2.20. The van der Waals surface area contributed by atoms with E-state index in [1.54, 1.807) is 13.0 Å². The smallest absolute Gasteiger partial charge is 0.319 e. The Hall–Kier alpha value is -1.24. The number of amides is 2. The molecule has 1 fully saturated rings. The first kappa shape index (κ1) is 16.1. The summed E-state index contributed by atoms with van der Waals surface area (Å²) in [7, 11) is 0. The van der Waals surface area contributed by atoms with Crippen molar-refractivity contribution in [1.29, 1.82) is 0 Å². The first-order chi connectivity index (χ1) is 10.1. The van der Waals surface area contributed by atoms with E-state index in [4.69, 9.17) is 0 Å². The molecule has 0 bridgehead atoms. The fraction of sp³-hybridized carbons (Fsp3) is 0.533. The number of hydrogen-bond acceptors (Lipinski definition) is 4. The lowest BCUT2D eigenvalue weighted by Crippen LogP contribution is -2.40. The highest BCUT2D eigenvalue weighted by Gasteiger charge is 2.10. The number of thioether (sulfide) groups is 1. The maximum absolute atomic E-state index is 11.8. The van der Waals surface area contributed by atoms with Crippen LogP contribution in [0.4, 0.5) is 10.5 Å². The second kappa shape index (κ2) is 8.26. The number of urea groups is 1. The summed E-state index contributed by atoms with van der Waals surface area (Å²) in [5, 5.41) is 15.2. The van der Waals surface area contributed by atoms with Gasteiger partial charge >= 0.3 is 6.03 Å².